The monoisotopic (exact) mass is 352 g/mol. The van der Waals surface area contributed by atoms with Crippen LogP contribution < -0.4 is 0 Å². The Bertz CT molecular complexity index is 549. The molecular formula is C18H25ClN2O3. The minimum absolute atomic E-state index is 0.0777. The number of benzene rings is 1. The van der Waals surface area contributed by atoms with Crippen LogP contribution in [0.15, 0.2) is 24.3 Å². The van der Waals surface area contributed by atoms with Crippen molar-refractivity contribution < 1.29 is 14.3 Å². The molecule has 0 saturated carbocycles. The van der Waals surface area contributed by atoms with Crippen molar-refractivity contribution in [2.75, 3.05) is 52.5 Å². The van der Waals surface area contributed by atoms with Crippen LogP contribution in [0.5, 0.6) is 0 Å². The molecule has 1 atom stereocenters. The molecule has 1 amide bonds. The van der Waals surface area contributed by atoms with E-state index in [1.165, 1.54) is 0 Å². The van der Waals surface area contributed by atoms with Crippen molar-refractivity contribution in [2.45, 2.75) is 18.9 Å². The molecule has 3 rings (SSSR count). The standard InChI is InChI=1S/C18H25ClN2O3/c19-16-4-1-3-15(11-16)12-18(22)21-5-2-8-24-17(14-21)13-20-6-9-23-10-7-20/h1,3-4,11,17H,2,5-10,12-14H2/t17-/m1/s1. The molecule has 0 aromatic heterocycles. The summed E-state index contributed by atoms with van der Waals surface area (Å²) in [6, 6.07) is 7.52. The molecular weight excluding hydrogens is 328 g/mol. The molecule has 1 aromatic carbocycles. The van der Waals surface area contributed by atoms with E-state index in [2.05, 4.69) is 4.90 Å². The van der Waals surface area contributed by atoms with Crippen LogP contribution in [0.2, 0.25) is 5.02 Å². The Morgan fingerprint density at radius 1 is 1.21 bits per heavy atom. The molecule has 0 bridgehead atoms. The number of carbonyl (C=O) groups excluding carboxylic acids is 1. The third kappa shape index (κ3) is 5.18. The lowest BCUT2D eigenvalue weighted by molar-refractivity contribution is -0.131. The summed E-state index contributed by atoms with van der Waals surface area (Å²) in [5.41, 5.74) is 0.961. The zero-order valence-electron chi connectivity index (χ0n) is 14.0. The van der Waals surface area contributed by atoms with E-state index in [4.69, 9.17) is 21.1 Å². The van der Waals surface area contributed by atoms with E-state index in [0.29, 0.717) is 18.0 Å². The van der Waals surface area contributed by atoms with E-state index in [9.17, 15) is 4.79 Å². The number of hydrogen-bond acceptors (Lipinski definition) is 4. The fourth-order valence-electron chi connectivity index (χ4n) is 3.24. The Labute approximate surface area is 148 Å². The van der Waals surface area contributed by atoms with Gasteiger partial charge < -0.3 is 14.4 Å². The molecule has 24 heavy (non-hydrogen) atoms. The number of amides is 1. The van der Waals surface area contributed by atoms with Crippen molar-refractivity contribution in [2.24, 2.45) is 0 Å². The van der Waals surface area contributed by atoms with Gasteiger partial charge in [0.1, 0.15) is 0 Å². The van der Waals surface area contributed by atoms with Crippen LogP contribution in [0.25, 0.3) is 0 Å². The highest BCUT2D eigenvalue weighted by molar-refractivity contribution is 6.30. The van der Waals surface area contributed by atoms with Gasteiger partial charge in [0.05, 0.1) is 25.7 Å². The van der Waals surface area contributed by atoms with Crippen LogP contribution in [0.4, 0.5) is 0 Å². The molecule has 2 fully saturated rings. The largest absolute Gasteiger partial charge is 0.379 e. The Morgan fingerprint density at radius 2 is 2.04 bits per heavy atom. The Morgan fingerprint density at radius 3 is 2.83 bits per heavy atom. The van der Waals surface area contributed by atoms with Crippen LogP contribution in [0.3, 0.4) is 0 Å². The molecule has 2 heterocycles. The van der Waals surface area contributed by atoms with E-state index < -0.39 is 0 Å². The minimum atomic E-state index is 0.0777. The van der Waals surface area contributed by atoms with Gasteiger partial charge in [-0.2, -0.15) is 0 Å². The first kappa shape index (κ1) is 17.7. The number of nitrogens with zero attached hydrogens (tertiary/aromatic N) is 2. The summed E-state index contributed by atoms with van der Waals surface area (Å²) < 4.78 is 11.3. The highest BCUT2D eigenvalue weighted by Gasteiger charge is 2.25. The van der Waals surface area contributed by atoms with Gasteiger partial charge in [-0.05, 0) is 24.1 Å². The van der Waals surface area contributed by atoms with Crippen molar-refractivity contribution >= 4 is 17.5 Å². The number of hydrogen-bond donors (Lipinski definition) is 0. The van der Waals surface area contributed by atoms with Crippen molar-refractivity contribution in [3.63, 3.8) is 0 Å². The highest BCUT2D eigenvalue weighted by atomic mass is 35.5. The van der Waals surface area contributed by atoms with Gasteiger partial charge >= 0.3 is 0 Å². The van der Waals surface area contributed by atoms with Gasteiger partial charge in [0, 0.05) is 44.4 Å². The average Bonchev–Trinajstić information content (AvgIpc) is 2.81. The maximum absolute atomic E-state index is 12.7. The van der Waals surface area contributed by atoms with Crippen LogP contribution in [-0.4, -0.2) is 74.4 Å². The summed E-state index contributed by atoms with van der Waals surface area (Å²) in [4.78, 5) is 17.0. The molecule has 2 aliphatic heterocycles. The lowest BCUT2D eigenvalue weighted by atomic mass is 10.1. The molecule has 5 nitrogen and oxygen atoms in total. The maximum atomic E-state index is 12.7. The topological polar surface area (TPSA) is 42.0 Å². The number of carbonyl (C=O) groups is 1. The van der Waals surface area contributed by atoms with Crippen LogP contribution in [0, 0.1) is 0 Å². The second-order valence-electron chi connectivity index (χ2n) is 6.41. The van der Waals surface area contributed by atoms with Crippen molar-refractivity contribution in [3.05, 3.63) is 34.9 Å². The quantitative estimate of drug-likeness (QED) is 0.829. The zero-order chi connectivity index (χ0) is 16.8. The molecule has 132 valence electrons. The second kappa shape index (κ2) is 8.81. The number of rotatable bonds is 4. The molecule has 0 radical (unpaired) electrons. The predicted octanol–water partition coefficient (Wildman–Crippen LogP) is 1.83. The average molecular weight is 353 g/mol. The lowest BCUT2D eigenvalue weighted by Crippen LogP contribution is -2.46. The maximum Gasteiger partial charge on any atom is 0.227 e. The van der Waals surface area contributed by atoms with E-state index in [0.717, 1.165) is 58.0 Å². The third-order valence-corrected chi connectivity index (χ3v) is 4.75. The summed E-state index contributed by atoms with van der Waals surface area (Å²) in [7, 11) is 0. The van der Waals surface area contributed by atoms with Gasteiger partial charge in [-0.15, -0.1) is 0 Å². The molecule has 2 saturated heterocycles. The fraction of sp³-hybridized carbons (Fsp3) is 0.611. The van der Waals surface area contributed by atoms with Crippen molar-refractivity contribution in [1.82, 2.24) is 9.80 Å². The first-order valence-corrected chi connectivity index (χ1v) is 9.02. The van der Waals surface area contributed by atoms with E-state index in [-0.39, 0.29) is 12.0 Å². The van der Waals surface area contributed by atoms with Crippen molar-refractivity contribution in [1.29, 1.82) is 0 Å². The van der Waals surface area contributed by atoms with E-state index in [1.807, 2.05) is 29.2 Å². The van der Waals surface area contributed by atoms with E-state index in [1.54, 1.807) is 0 Å². The van der Waals surface area contributed by atoms with Gasteiger partial charge in [0.25, 0.3) is 0 Å². The normalized spacial score (nSPS) is 23.0. The summed E-state index contributed by atoms with van der Waals surface area (Å²) >= 11 is 6.01. The number of ether oxygens (including phenoxy) is 2. The van der Waals surface area contributed by atoms with Crippen molar-refractivity contribution in [3.8, 4) is 0 Å². The molecule has 0 unspecified atom stereocenters. The molecule has 0 N–H and O–H groups in total. The van der Waals surface area contributed by atoms with Gasteiger partial charge in [0.2, 0.25) is 5.91 Å². The van der Waals surface area contributed by atoms with Gasteiger partial charge in [-0.3, -0.25) is 9.69 Å². The Hall–Kier alpha value is -1.14. The molecule has 2 aliphatic rings. The third-order valence-electron chi connectivity index (χ3n) is 4.51. The van der Waals surface area contributed by atoms with Gasteiger partial charge in [0.15, 0.2) is 0 Å². The van der Waals surface area contributed by atoms with Gasteiger partial charge in [-0.25, -0.2) is 0 Å². The molecule has 0 aliphatic carbocycles. The Kier molecular flexibility index (Phi) is 6.49. The Balaban J connectivity index is 1.56. The van der Waals surface area contributed by atoms with E-state index >= 15 is 0 Å². The summed E-state index contributed by atoms with van der Waals surface area (Å²) in [5.74, 6) is 0.148. The molecule has 1 aromatic rings. The van der Waals surface area contributed by atoms with Crippen LogP contribution in [0.1, 0.15) is 12.0 Å². The first-order chi connectivity index (χ1) is 11.7. The van der Waals surface area contributed by atoms with Gasteiger partial charge in [-0.1, -0.05) is 23.7 Å². The molecule has 6 heteroatoms. The summed E-state index contributed by atoms with van der Waals surface area (Å²) in [6.07, 6.45) is 1.36. The number of morpholine rings is 1. The summed E-state index contributed by atoms with van der Waals surface area (Å²) in [6.45, 7) is 6.46. The lowest BCUT2D eigenvalue weighted by Gasteiger charge is -2.31. The minimum Gasteiger partial charge on any atom is -0.379 e. The highest BCUT2D eigenvalue weighted by Crippen LogP contribution is 2.14. The predicted molar refractivity (Wildman–Crippen MR) is 93.4 cm³/mol. The first-order valence-electron chi connectivity index (χ1n) is 8.64. The van der Waals surface area contributed by atoms with Crippen LogP contribution >= 0.6 is 11.6 Å². The smallest absolute Gasteiger partial charge is 0.227 e. The number of halogens is 1. The molecule has 0 spiro atoms. The summed E-state index contributed by atoms with van der Waals surface area (Å²) in [5, 5.41) is 0.671. The second-order valence-corrected chi connectivity index (χ2v) is 6.84. The fourth-order valence-corrected chi connectivity index (χ4v) is 3.45. The zero-order valence-corrected chi connectivity index (χ0v) is 14.7. The van der Waals surface area contributed by atoms with Crippen LogP contribution in [-0.2, 0) is 20.7 Å². The SMILES string of the molecule is O=C(Cc1cccc(Cl)c1)N1CCCO[C@H](CN2CCOCC2)C1.